The predicted octanol–water partition coefficient (Wildman–Crippen LogP) is 2.19. The Morgan fingerprint density at radius 3 is 2.60 bits per heavy atom. The van der Waals surface area contributed by atoms with Gasteiger partial charge in [0.25, 0.3) is 0 Å². The highest BCUT2D eigenvalue weighted by molar-refractivity contribution is 5.78. The number of hydrogen-bond acceptors (Lipinski definition) is 2. The van der Waals surface area contributed by atoms with E-state index >= 15 is 0 Å². The highest BCUT2D eigenvalue weighted by Crippen LogP contribution is 2.27. The van der Waals surface area contributed by atoms with Gasteiger partial charge in [0.05, 0.1) is 0 Å². The van der Waals surface area contributed by atoms with Crippen LogP contribution in [0.2, 0.25) is 0 Å². The van der Waals surface area contributed by atoms with Crippen molar-refractivity contribution in [1.82, 2.24) is 0 Å². The molecule has 0 aliphatic rings. The van der Waals surface area contributed by atoms with Gasteiger partial charge in [0.1, 0.15) is 0 Å². The molecule has 0 saturated carbocycles. The van der Waals surface area contributed by atoms with Gasteiger partial charge in [-0.1, -0.05) is 36.4 Å². The first kappa shape index (κ1) is 9.74. The fourth-order valence-electron chi connectivity index (χ4n) is 1.65. The zero-order valence-electron chi connectivity index (χ0n) is 8.40. The van der Waals surface area contributed by atoms with Crippen molar-refractivity contribution in [2.45, 2.75) is 6.54 Å². The van der Waals surface area contributed by atoms with E-state index in [9.17, 15) is 0 Å². The van der Waals surface area contributed by atoms with E-state index < -0.39 is 0 Å². The second-order valence-electron chi connectivity index (χ2n) is 3.37. The zero-order valence-corrected chi connectivity index (χ0v) is 8.40. The van der Waals surface area contributed by atoms with E-state index in [0.717, 1.165) is 22.4 Å². The molecular weight excluding hydrogens is 184 g/mol. The molecule has 15 heavy (non-hydrogen) atoms. The Morgan fingerprint density at radius 1 is 1.07 bits per heavy atom. The van der Waals surface area contributed by atoms with Crippen molar-refractivity contribution in [3.63, 3.8) is 0 Å². The van der Waals surface area contributed by atoms with Gasteiger partial charge in [-0.15, -0.1) is 0 Å². The number of anilines is 1. The van der Waals surface area contributed by atoms with Crippen LogP contribution in [0.15, 0.2) is 42.5 Å². The quantitative estimate of drug-likeness (QED) is 0.725. The number of nitrogens with two attached hydrogens (primary N) is 2. The molecule has 2 aromatic rings. The van der Waals surface area contributed by atoms with Gasteiger partial charge in [0, 0.05) is 17.8 Å². The summed E-state index contributed by atoms with van der Waals surface area (Å²) in [7, 11) is 0. The lowest BCUT2D eigenvalue weighted by atomic mass is 9.98. The maximum absolute atomic E-state index is 5.90. The first-order chi connectivity index (χ1) is 7.33. The standard InChI is InChI=1S/C13H13N2/c14-9-10-5-1-2-6-11(10)12-7-3-4-8-13(12)15/h1-3,5-8H,9,14-15H2. The molecule has 2 nitrogen and oxygen atoms in total. The molecule has 75 valence electrons. The summed E-state index contributed by atoms with van der Waals surface area (Å²) < 4.78 is 0. The monoisotopic (exact) mass is 197 g/mol. The van der Waals surface area contributed by atoms with Crippen LogP contribution in [0, 0.1) is 6.07 Å². The summed E-state index contributed by atoms with van der Waals surface area (Å²) in [6.45, 7) is 0.522. The highest BCUT2D eigenvalue weighted by Gasteiger charge is 2.05. The summed E-state index contributed by atoms with van der Waals surface area (Å²) in [6, 6.07) is 16.6. The van der Waals surface area contributed by atoms with Crippen molar-refractivity contribution < 1.29 is 0 Å². The Labute approximate surface area is 89.5 Å². The van der Waals surface area contributed by atoms with E-state index in [0.29, 0.717) is 6.54 Å². The molecule has 0 aliphatic carbocycles. The normalized spacial score (nSPS) is 10.2. The van der Waals surface area contributed by atoms with Gasteiger partial charge in [0.15, 0.2) is 0 Å². The maximum atomic E-state index is 5.90. The van der Waals surface area contributed by atoms with E-state index in [1.807, 2.05) is 36.4 Å². The third-order valence-electron chi connectivity index (χ3n) is 2.42. The van der Waals surface area contributed by atoms with Crippen LogP contribution >= 0.6 is 0 Å². The topological polar surface area (TPSA) is 52.0 Å². The molecule has 0 atom stereocenters. The number of benzene rings is 2. The Morgan fingerprint density at radius 2 is 1.87 bits per heavy atom. The molecule has 2 rings (SSSR count). The van der Waals surface area contributed by atoms with Gasteiger partial charge < -0.3 is 11.5 Å². The molecule has 2 heteroatoms. The van der Waals surface area contributed by atoms with Crippen LogP contribution < -0.4 is 11.5 Å². The maximum Gasteiger partial charge on any atom is 0.0400 e. The van der Waals surface area contributed by atoms with Crippen LogP contribution in [0.1, 0.15) is 5.56 Å². The summed E-state index contributed by atoms with van der Waals surface area (Å²) in [6.07, 6.45) is 0. The predicted molar refractivity (Wildman–Crippen MR) is 63.0 cm³/mol. The van der Waals surface area contributed by atoms with Gasteiger partial charge >= 0.3 is 0 Å². The molecule has 0 aliphatic heterocycles. The summed E-state index contributed by atoms with van der Waals surface area (Å²) in [5.74, 6) is 0. The van der Waals surface area contributed by atoms with Gasteiger partial charge in [0.2, 0.25) is 0 Å². The van der Waals surface area contributed by atoms with E-state index in [4.69, 9.17) is 11.5 Å². The molecule has 0 aromatic heterocycles. The van der Waals surface area contributed by atoms with Gasteiger partial charge in [-0.05, 0) is 23.3 Å². The summed E-state index contributed by atoms with van der Waals surface area (Å²) in [5.41, 5.74) is 15.6. The summed E-state index contributed by atoms with van der Waals surface area (Å²) in [4.78, 5) is 0. The summed E-state index contributed by atoms with van der Waals surface area (Å²) >= 11 is 0. The lowest BCUT2D eigenvalue weighted by Gasteiger charge is -2.09. The molecule has 0 heterocycles. The van der Waals surface area contributed by atoms with Crippen molar-refractivity contribution in [3.05, 3.63) is 54.1 Å². The minimum atomic E-state index is 0.522. The van der Waals surface area contributed by atoms with Gasteiger partial charge in [-0.3, -0.25) is 0 Å². The average Bonchev–Trinajstić information content (AvgIpc) is 2.30. The van der Waals surface area contributed by atoms with Crippen LogP contribution in [0.5, 0.6) is 0 Å². The molecular formula is C13H13N2. The summed E-state index contributed by atoms with van der Waals surface area (Å²) in [5, 5.41) is 0. The first-order valence-corrected chi connectivity index (χ1v) is 4.87. The highest BCUT2D eigenvalue weighted by atomic mass is 14.6. The zero-order chi connectivity index (χ0) is 10.7. The van der Waals surface area contributed by atoms with Crippen molar-refractivity contribution in [2.75, 3.05) is 5.73 Å². The fourth-order valence-corrected chi connectivity index (χ4v) is 1.65. The first-order valence-electron chi connectivity index (χ1n) is 4.87. The van der Waals surface area contributed by atoms with Gasteiger partial charge in [-0.25, -0.2) is 0 Å². The molecule has 4 N–H and O–H groups in total. The minimum Gasteiger partial charge on any atom is -0.398 e. The Kier molecular flexibility index (Phi) is 2.70. The van der Waals surface area contributed by atoms with Crippen molar-refractivity contribution in [2.24, 2.45) is 5.73 Å². The van der Waals surface area contributed by atoms with E-state index in [1.165, 1.54) is 0 Å². The van der Waals surface area contributed by atoms with Crippen LogP contribution in [-0.4, -0.2) is 0 Å². The lowest BCUT2D eigenvalue weighted by Crippen LogP contribution is -1.99. The third-order valence-corrected chi connectivity index (χ3v) is 2.42. The number of rotatable bonds is 2. The van der Waals surface area contributed by atoms with Crippen molar-refractivity contribution >= 4 is 5.69 Å². The van der Waals surface area contributed by atoms with Crippen LogP contribution in [0.3, 0.4) is 0 Å². The average molecular weight is 197 g/mol. The van der Waals surface area contributed by atoms with Crippen LogP contribution in [0.4, 0.5) is 5.69 Å². The second kappa shape index (κ2) is 4.15. The second-order valence-corrected chi connectivity index (χ2v) is 3.37. The number of nitrogen functional groups attached to an aromatic ring is 1. The van der Waals surface area contributed by atoms with E-state index in [2.05, 4.69) is 6.07 Å². The van der Waals surface area contributed by atoms with Gasteiger partial charge in [-0.2, -0.15) is 0 Å². The largest absolute Gasteiger partial charge is 0.398 e. The van der Waals surface area contributed by atoms with E-state index in [1.54, 1.807) is 6.07 Å². The minimum absolute atomic E-state index is 0.522. The SMILES string of the molecule is NCc1ccccc1-c1cc[c]cc1N. The smallest absolute Gasteiger partial charge is 0.0400 e. The molecule has 0 spiro atoms. The molecule has 0 unspecified atom stereocenters. The number of hydrogen-bond donors (Lipinski definition) is 2. The van der Waals surface area contributed by atoms with Crippen LogP contribution in [0.25, 0.3) is 11.1 Å². The van der Waals surface area contributed by atoms with Crippen molar-refractivity contribution in [3.8, 4) is 11.1 Å². The molecule has 0 saturated heterocycles. The third kappa shape index (κ3) is 1.85. The lowest BCUT2D eigenvalue weighted by molar-refractivity contribution is 1.07. The molecule has 2 aromatic carbocycles. The molecule has 0 fully saturated rings. The van der Waals surface area contributed by atoms with Crippen molar-refractivity contribution in [1.29, 1.82) is 0 Å². The molecule has 0 amide bonds. The Balaban J connectivity index is 2.59. The van der Waals surface area contributed by atoms with Crippen LogP contribution in [-0.2, 0) is 6.54 Å². The molecule has 1 radical (unpaired) electrons. The fraction of sp³-hybridized carbons (Fsp3) is 0.0769. The molecule has 0 bridgehead atoms. The van der Waals surface area contributed by atoms with E-state index in [-0.39, 0.29) is 0 Å². The Bertz CT molecular complexity index is 464. The Hall–Kier alpha value is -1.80.